The Bertz CT molecular complexity index is 171. The Kier molecular flexibility index (Phi) is 9.65. The van der Waals surface area contributed by atoms with E-state index in [1.165, 1.54) is 6.08 Å². The average Bonchev–Trinajstić information content (AvgIpc) is 2.20. The third-order valence-corrected chi connectivity index (χ3v) is 7.36. The first-order chi connectivity index (χ1) is 6.14. The van der Waals surface area contributed by atoms with E-state index in [0.717, 1.165) is 18.5 Å². The summed E-state index contributed by atoms with van der Waals surface area (Å²) in [6.07, 6.45) is 5.33. The fourth-order valence-corrected chi connectivity index (χ4v) is 3.49. The highest BCUT2D eigenvalue weighted by Gasteiger charge is 2.32. The number of hydrogen-bond acceptors (Lipinski definition) is 2. The van der Waals surface area contributed by atoms with E-state index in [1.807, 2.05) is 0 Å². The lowest BCUT2D eigenvalue weighted by molar-refractivity contribution is -0.135. The molecule has 0 aliphatic carbocycles. The van der Waals surface area contributed by atoms with Gasteiger partial charge in [-0.15, -0.1) is 0 Å². The van der Waals surface area contributed by atoms with Gasteiger partial charge < -0.3 is 17.1 Å². The molecule has 0 fully saturated rings. The molecule has 0 saturated carbocycles. The molecular formula is C10H20ClO2P. The van der Waals surface area contributed by atoms with Gasteiger partial charge in [0, 0.05) is 6.08 Å². The van der Waals surface area contributed by atoms with E-state index >= 15 is 0 Å². The molecule has 0 aromatic carbocycles. The Morgan fingerprint density at radius 2 is 1.71 bits per heavy atom. The number of esters is 1. The monoisotopic (exact) mass is 238 g/mol. The van der Waals surface area contributed by atoms with Crippen molar-refractivity contribution >= 4 is 13.2 Å². The van der Waals surface area contributed by atoms with Crippen LogP contribution < -0.4 is 12.4 Å². The van der Waals surface area contributed by atoms with Gasteiger partial charge in [0.25, 0.3) is 0 Å². The summed E-state index contributed by atoms with van der Waals surface area (Å²) < 4.78 is 5.12. The minimum Gasteiger partial charge on any atom is -1.00 e. The van der Waals surface area contributed by atoms with Gasteiger partial charge in [-0.1, -0.05) is 6.58 Å². The van der Waals surface area contributed by atoms with E-state index in [9.17, 15) is 4.79 Å². The Labute approximate surface area is 93.8 Å². The minimum absolute atomic E-state index is 0. The van der Waals surface area contributed by atoms with E-state index in [0.29, 0.717) is 6.35 Å². The van der Waals surface area contributed by atoms with Crippen LogP contribution in [0.15, 0.2) is 12.7 Å². The van der Waals surface area contributed by atoms with Crippen LogP contribution in [-0.2, 0) is 9.53 Å². The smallest absolute Gasteiger partial charge is 0.333 e. The van der Waals surface area contributed by atoms with Crippen molar-refractivity contribution < 1.29 is 21.9 Å². The molecule has 0 rings (SSSR count). The van der Waals surface area contributed by atoms with Crippen molar-refractivity contribution in [1.82, 2.24) is 0 Å². The first kappa shape index (κ1) is 16.4. The minimum atomic E-state index is -0.997. The summed E-state index contributed by atoms with van der Waals surface area (Å²) in [5, 5.41) is 0. The fraction of sp³-hybridized carbons (Fsp3) is 0.700. The van der Waals surface area contributed by atoms with Crippen molar-refractivity contribution in [3.05, 3.63) is 12.7 Å². The maximum absolute atomic E-state index is 10.9. The number of carbonyl (C=O) groups is 1. The van der Waals surface area contributed by atoms with Crippen molar-refractivity contribution in [2.45, 2.75) is 20.8 Å². The Morgan fingerprint density at radius 1 is 1.29 bits per heavy atom. The fourth-order valence-electron chi connectivity index (χ4n) is 1.20. The molecule has 0 aromatic rings. The molecule has 2 nitrogen and oxygen atoms in total. The molecule has 0 amide bonds. The van der Waals surface area contributed by atoms with Crippen LogP contribution >= 0.6 is 7.26 Å². The van der Waals surface area contributed by atoms with E-state index in [1.54, 1.807) is 0 Å². The lowest BCUT2D eigenvalue weighted by Gasteiger charge is -2.22. The highest BCUT2D eigenvalue weighted by Crippen LogP contribution is 2.57. The largest absolute Gasteiger partial charge is 1.00 e. The van der Waals surface area contributed by atoms with Gasteiger partial charge in [-0.3, -0.25) is 0 Å². The number of ether oxygens (including phenoxy) is 1. The summed E-state index contributed by atoms with van der Waals surface area (Å²) >= 11 is 0. The maximum atomic E-state index is 10.9. The van der Waals surface area contributed by atoms with Crippen LogP contribution in [0.4, 0.5) is 0 Å². The van der Waals surface area contributed by atoms with Crippen molar-refractivity contribution in [2.75, 3.05) is 24.8 Å². The predicted octanol–water partition coefficient (Wildman–Crippen LogP) is -0.246. The number of hydrogen-bond donors (Lipinski definition) is 0. The van der Waals surface area contributed by atoms with E-state index in [4.69, 9.17) is 4.74 Å². The lowest BCUT2D eigenvalue weighted by atomic mass is 10.7. The summed E-state index contributed by atoms with van der Waals surface area (Å²) in [6, 6.07) is 0. The van der Waals surface area contributed by atoms with Crippen molar-refractivity contribution in [3.8, 4) is 0 Å². The summed E-state index contributed by atoms with van der Waals surface area (Å²) in [6.45, 7) is 9.93. The molecule has 0 aliphatic rings. The van der Waals surface area contributed by atoms with Gasteiger partial charge in [0.2, 0.25) is 0 Å². The molecule has 4 heteroatoms. The van der Waals surface area contributed by atoms with Gasteiger partial charge in [0.05, 0.1) is 25.7 Å². The number of carbonyl (C=O) groups excluding carboxylic acids is 1. The van der Waals surface area contributed by atoms with E-state index in [2.05, 4.69) is 27.4 Å². The zero-order valence-corrected chi connectivity index (χ0v) is 10.9. The highest BCUT2D eigenvalue weighted by molar-refractivity contribution is 7.75. The van der Waals surface area contributed by atoms with Crippen LogP contribution in [0, 0.1) is 0 Å². The van der Waals surface area contributed by atoms with E-state index in [-0.39, 0.29) is 18.4 Å². The quantitative estimate of drug-likeness (QED) is 0.363. The van der Waals surface area contributed by atoms with Crippen LogP contribution in [0.3, 0.4) is 0 Å². The van der Waals surface area contributed by atoms with Gasteiger partial charge >= 0.3 is 5.97 Å². The van der Waals surface area contributed by atoms with Gasteiger partial charge in [0.15, 0.2) is 6.35 Å². The van der Waals surface area contributed by atoms with Crippen LogP contribution in [0.1, 0.15) is 20.8 Å². The SMILES string of the molecule is C=CC(=O)OC[P+](CC)(CC)CC.[Cl-]. The molecule has 0 aromatic heterocycles. The molecule has 0 heterocycles. The zero-order chi connectivity index (χ0) is 10.3. The Morgan fingerprint density at radius 3 is 2.00 bits per heavy atom. The molecule has 0 spiro atoms. The molecule has 0 N–H and O–H groups in total. The Hall–Kier alpha value is -0.0700. The molecule has 0 bridgehead atoms. The van der Waals surface area contributed by atoms with Crippen LogP contribution in [0.5, 0.6) is 0 Å². The molecule has 0 aliphatic heterocycles. The lowest BCUT2D eigenvalue weighted by Crippen LogP contribution is -3.00. The molecule has 14 heavy (non-hydrogen) atoms. The number of halogens is 1. The summed E-state index contributed by atoms with van der Waals surface area (Å²) in [5.74, 6) is -0.292. The summed E-state index contributed by atoms with van der Waals surface area (Å²) in [7, 11) is -0.997. The van der Waals surface area contributed by atoms with Crippen molar-refractivity contribution in [2.24, 2.45) is 0 Å². The second-order valence-electron chi connectivity index (χ2n) is 3.09. The maximum Gasteiger partial charge on any atom is 0.333 e. The molecule has 0 atom stereocenters. The van der Waals surface area contributed by atoms with Gasteiger partial charge in [0.1, 0.15) is 0 Å². The second kappa shape index (κ2) is 8.26. The molecule has 0 unspecified atom stereocenters. The second-order valence-corrected chi connectivity index (χ2v) is 7.93. The van der Waals surface area contributed by atoms with Crippen LogP contribution in [0.25, 0.3) is 0 Å². The van der Waals surface area contributed by atoms with E-state index < -0.39 is 7.26 Å². The van der Waals surface area contributed by atoms with Crippen LogP contribution in [-0.4, -0.2) is 30.8 Å². The average molecular weight is 239 g/mol. The molecule has 84 valence electrons. The molecule has 0 saturated heterocycles. The van der Waals surface area contributed by atoms with Gasteiger partial charge in [-0.2, -0.15) is 0 Å². The van der Waals surface area contributed by atoms with Gasteiger partial charge in [-0.05, 0) is 20.8 Å². The summed E-state index contributed by atoms with van der Waals surface area (Å²) in [4.78, 5) is 10.9. The first-order valence-corrected chi connectivity index (χ1v) is 7.31. The van der Waals surface area contributed by atoms with Crippen molar-refractivity contribution in [3.63, 3.8) is 0 Å². The molecule has 0 radical (unpaired) electrons. The first-order valence-electron chi connectivity index (χ1n) is 4.78. The van der Waals surface area contributed by atoms with Crippen LogP contribution in [0.2, 0.25) is 0 Å². The normalized spacial score (nSPS) is 10.2. The third kappa shape index (κ3) is 4.97. The Balaban J connectivity index is 0. The summed E-state index contributed by atoms with van der Waals surface area (Å²) in [5.41, 5.74) is 0. The standard InChI is InChI=1S/C10H20O2P.ClH/c1-5-10(11)12-9-13(6-2,7-3)8-4;/h5H,1,6-9H2,2-4H3;1H/q+1;/p-1. The number of rotatable bonds is 6. The highest BCUT2D eigenvalue weighted by atomic mass is 35.5. The third-order valence-electron chi connectivity index (χ3n) is 2.66. The van der Waals surface area contributed by atoms with Gasteiger partial charge in [-0.25, -0.2) is 4.79 Å². The van der Waals surface area contributed by atoms with Crippen molar-refractivity contribution in [1.29, 1.82) is 0 Å². The zero-order valence-electron chi connectivity index (χ0n) is 9.25. The topological polar surface area (TPSA) is 26.3 Å². The molecular weight excluding hydrogens is 219 g/mol. The predicted molar refractivity (Wildman–Crippen MR) is 59.7 cm³/mol.